The van der Waals surface area contributed by atoms with Crippen molar-refractivity contribution in [3.63, 3.8) is 0 Å². The van der Waals surface area contributed by atoms with Crippen molar-refractivity contribution in [2.75, 3.05) is 26.2 Å². The molecule has 0 bridgehead atoms. The third-order valence-corrected chi connectivity index (χ3v) is 6.13. The van der Waals surface area contributed by atoms with Crippen molar-refractivity contribution < 1.29 is 9.59 Å². The first-order valence-electron chi connectivity index (χ1n) is 9.72. The van der Waals surface area contributed by atoms with Crippen LogP contribution in [0.15, 0.2) is 65.6 Å². The summed E-state index contributed by atoms with van der Waals surface area (Å²) in [6.07, 6.45) is 1.64. The van der Waals surface area contributed by atoms with Crippen LogP contribution in [0.2, 0.25) is 0 Å². The van der Waals surface area contributed by atoms with Crippen LogP contribution in [-0.2, 0) is 9.59 Å². The molecule has 0 spiro atoms. The van der Waals surface area contributed by atoms with Gasteiger partial charge < -0.3 is 16.0 Å². The second-order valence-corrected chi connectivity index (χ2v) is 8.10. The fourth-order valence-electron chi connectivity index (χ4n) is 3.42. The van der Waals surface area contributed by atoms with Crippen LogP contribution >= 0.6 is 11.8 Å². The minimum absolute atomic E-state index is 0.00470. The molecule has 2 unspecified atom stereocenters. The smallest absolute Gasteiger partial charge is 0.240 e. The van der Waals surface area contributed by atoms with Crippen molar-refractivity contribution in [1.29, 1.82) is 0 Å². The second kappa shape index (κ2) is 10.3. The number of nitrogens with two attached hydrogens (primary N) is 1. The number of nitrogens with zero attached hydrogens (tertiary/aromatic N) is 1. The largest absolute Gasteiger partial charge is 0.355 e. The molecule has 0 aliphatic carbocycles. The minimum atomic E-state index is -0.325. The van der Waals surface area contributed by atoms with Gasteiger partial charge in [-0.1, -0.05) is 48.5 Å². The van der Waals surface area contributed by atoms with Crippen LogP contribution in [0.5, 0.6) is 0 Å². The predicted octanol–water partition coefficient (Wildman–Crippen LogP) is 2.83. The second-order valence-electron chi connectivity index (χ2n) is 6.92. The Balaban J connectivity index is 1.76. The van der Waals surface area contributed by atoms with Gasteiger partial charge in [0.2, 0.25) is 11.8 Å². The zero-order chi connectivity index (χ0) is 19.8. The summed E-state index contributed by atoms with van der Waals surface area (Å²) < 4.78 is 0. The Morgan fingerprint density at radius 2 is 1.79 bits per heavy atom. The van der Waals surface area contributed by atoms with E-state index < -0.39 is 0 Å². The van der Waals surface area contributed by atoms with Crippen LogP contribution in [0.1, 0.15) is 23.7 Å². The van der Waals surface area contributed by atoms with Crippen molar-refractivity contribution in [3.8, 4) is 0 Å². The van der Waals surface area contributed by atoms with Crippen LogP contribution in [0.3, 0.4) is 0 Å². The van der Waals surface area contributed by atoms with E-state index in [0.717, 1.165) is 23.3 Å². The molecular weight excluding hydrogens is 370 g/mol. The molecule has 2 aromatic rings. The van der Waals surface area contributed by atoms with Crippen LogP contribution in [0.4, 0.5) is 0 Å². The van der Waals surface area contributed by atoms with Gasteiger partial charge in [0.05, 0.1) is 5.92 Å². The number of carbonyl (C=O) groups excluding carboxylic acids is 2. The third kappa shape index (κ3) is 5.36. The third-order valence-electron chi connectivity index (χ3n) is 4.87. The maximum atomic E-state index is 13.4. The van der Waals surface area contributed by atoms with Gasteiger partial charge in [0.25, 0.3) is 0 Å². The zero-order valence-electron chi connectivity index (χ0n) is 15.9. The summed E-state index contributed by atoms with van der Waals surface area (Å²) in [6.45, 7) is 2.05. The van der Waals surface area contributed by atoms with Crippen LogP contribution in [-0.4, -0.2) is 42.9 Å². The molecular formula is C22H27N3O2S. The number of benzene rings is 2. The number of likely N-dealkylation sites (tertiary alicyclic amines) is 1. The van der Waals surface area contributed by atoms with Gasteiger partial charge in [0.1, 0.15) is 5.25 Å². The summed E-state index contributed by atoms with van der Waals surface area (Å²) in [6, 6.07) is 19.8. The fraction of sp³-hybridized carbons (Fsp3) is 0.364. The number of rotatable bonds is 7. The van der Waals surface area contributed by atoms with Gasteiger partial charge in [0, 0.05) is 31.1 Å². The molecule has 0 aromatic heterocycles. The number of piperidine rings is 1. The Morgan fingerprint density at radius 1 is 1.11 bits per heavy atom. The van der Waals surface area contributed by atoms with Crippen molar-refractivity contribution in [1.82, 2.24) is 10.2 Å². The molecule has 0 radical (unpaired) electrons. The van der Waals surface area contributed by atoms with E-state index >= 15 is 0 Å². The molecule has 3 N–H and O–H groups in total. The molecule has 1 saturated heterocycles. The van der Waals surface area contributed by atoms with Crippen LogP contribution in [0.25, 0.3) is 0 Å². The Labute approximate surface area is 170 Å². The number of hydrogen-bond acceptors (Lipinski definition) is 4. The topological polar surface area (TPSA) is 75.4 Å². The van der Waals surface area contributed by atoms with E-state index in [1.54, 1.807) is 11.8 Å². The van der Waals surface area contributed by atoms with Gasteiger partial charge in [-0.25, -0.2) is 0 Å². The first-order valence-corrected chi connectivity index (χ1v) is 10.6. The highest BCUT2D eigenvalue weighted by molar-refractivity contribution is 8.00. The molecule has 148 valence electrons. The quantitative estimate of drug-likeness (QED) is 0.705. The molecule has 1 fully saturated rings. The molecule has 2 aromatic carbocycles. The molecule has 5 nitrogen and oxygen atoms in total. The van der Waals surface area contributed by atoms with E-state index in [1.165, 1.54) is 0 Å². The van der Waals surface area contributed by atoms with E-state index in [1.807, 2.05) is 65.6 Å². The van der Waals surface area contributed by atoms with Crippen molar-refractivity contribution in [2.45, 2.75) is 23.0 Å². The van der Waals surface area contributed by atoms with Crippen molar-refractivity contribution >= 4 is 23.6 Å². The van der Waals surface area contributed by atoms with Gasteiger partial charge in [-0.15, -0.1) is 11.8 Å². The predicted molar refractivity (Wildman–Crippen MR) is 113 cm³/mol. The average molecular weight is 398 g/mol. The molecule has 3 rings (SSSR count). The van der Waals surface area contributed by atoms with Crippen LogP contribution in [0, 0.1) is 5.92 Å². The average Bonchev–Trinajstić information content (AvgIpc) is 2.76. The summed E-state index contributed by atoms with van der Waals surface area (Å²) in [7, 11) is 0. The number of nitrogens with one attached hydrogen (secondary N) is 1. The fourth-order valence-corrected chi connectivity index (χ4v) is 4.55. The summed E-state index contributed by atoms with van der Waals surface area (Å²) in [5.41, 5.74) is 6.46. The number of carbonyl (C=O) groups is 2. The number of amides is 2. The highest BCUT2D eigenvalue weighted by Gasteiger charge is 2.32. The monoisotopic (exact) mass is 397 g/mol. The maximum Gasteiger partial charge on any atom is 0.240 e. The molecule has 0 saturated carbocycles. The van der Waals surface area contributed by atoms with Crippen LogP contribution < -0.4 is 11.1 Å². The van der Waals surface area contributed by atoms with E-state index in [4.69, 9.17) is 5.73 Å². The summed E-state index contributed by atoms with van der Waals surface area (Å²) in [5, 5.41) is 2.53. The van der Waals surface area contributed by atoms with Gasteiger partial charge in [-0.05, 0) is 30.5 Å². The Morgan fingerprint density at radius 3 is 2.46 bits per heavy atom. The maximum absolute atomic E-state index is 13.4. The highest BCUT2D eigenvalue weighted by atomic mass is 32.2. The summed E-state index contributed by atoms with van der Waals surface area (Å²) in [5.74, 6) is -0.103. The lowest BCUT2D eigenvalue weighted by molar-refractivity contribution is -0.135. The Hall–Kier alpha value is -2.31. The summed E-state index contributed by atoms with van der Waals surface area (Å²) in [4.78, 5) is 28.7. The van der Waals surface area contributed by atoms with Gasteiger partial charge in [-0.2, -0.15) is 0 Å². The first-order chi connectivity index (χ1) is 13.7. The molecule has 2 amide bonds. The van der Waals surface area contributed by atoms with Crippen molar-refractivity contribution in [3.05, 3.63) is 66.2 Å². The lowest BCUT2D eigenvalue weighted by Crippen LogP contribution is -2.47. The standard InChI is InChI=1S/C22H27N3O2S/c23-13-14-24-21(26)18-10-7-15-25(16-18)22(27)20(17-8-3-1-4-9-17)28-19-11-5-2-6-12-19/h1-6,8-9,11-12,18,20H,7,10,13-16,23H2,(H,24,26). The first kappa shape index (κ1) is 20.4. The van der Waals surface area contributed by atoms with Gasteiger partial charge in [-0.3, -0.25) is 9.59 Å². The molecule has 6 heteroatoms. The molecule has 1 heterocycles. The minimum Gasteiger partial charge on any atom is -0.355 e. The molecule has 1 aliphatic rings. The zero-order valence-corrected chi connectivity index (χ0v) is 16.7. The molecule has 1 aliphatic heterocycles. The van der Waals surface area contributed by atoms with E-state index in [-0.39, 0.29) is 23.0 Å². The number of hydrogen-bond donors (Lipinski definition) is 2. The van der Waals surface area contributed by atoms with E-state index in [2.05, 4.69) is 5.32 Å². The highest BCUT2D eigenvalue weighted by Crippen LogP contribution is 2.37. The van der Waals surface area contributed by atoms with Gasteiger partial charge >= 0.3 is 0 Å². The Kier molecular flexibility index (Phi) is 7.51. The number of thioether (sulfide) groups is 1. The molecule has 2 atom stereocenters. The van der Waals surface area contributed by atoms with E-state index in [9.17, 15) is 9.59 Å². The van der Waals surface area contributed by atoms with Crippen molar-refractivity contribution in [2.24, 2.45) is 11.7 Å². The van der Waals surface area contributed by atoms with E-state index in [0.29, 0.717) is 26.2 Å². The van der Waals surface area contributed by atoms with Gasteiger partial charge in [0.15, 0.2) is 0 Å². The molecule has 28 heavy (non-hydrogen) atoms. The lowest BCUT2D eigenvalue weighted by Gasteiger charge is -2.34. The normalized spacial score (nSPS) is 17.8. The summed E-state index contributed by atoms with van der Waals surface area (Å²) >= 11 is 1.56. The Bertz CT molecular complexity index is 770. The lowest BCUT2D eigenvalue weighted by atomic mass is 9.96. The SMILES string of the molecule is NCCNC(=O)C1CCCN(C(=O)C(Sc2ccccc2)c2ccccc2)C1.